The van der Waals surface area contributed by atoms with E-state index in [4.69, 9.17) is 11.6 Å². The summed E-state index contributed by atoms with van der Waals surface area (Å²) >= 11 is 9.89. The maximum absolute atomic E-state index is 12.5. The summed E-state index contributed by atoms with van der Waals surface area (Å²) in [5.74, 6) is 1.86. The second-order valence-corrected chi connectivity index (χ2v) is 9.02. The zero-order valence-corrected chi connectivity index (χ0v) is 16.7. The van der Waals surface area contributed by atoms with E-state index in [1.54, 1.807) is 31.3 Å². The van der Waals surface area contributed by atoms with Crippen molar-refractivity contribution in [3.63, 3.8) is 0 Å². The number of hydrogen-bond acceptors (Lipinski definition) is 4. The Bertz CT molecular complexity index is 792. The van der Waals surface area contributed by atoms with Crippen molar-refractivity contribution in [1.82, 2.24) is 4.90 Å². The predicted molar refractivity (Wildman–Crippen MR) is 111 cm³/mol. The van der Waals surface area contributed by atoms with Crippen molar-refractivity contribution < 1.29 is 9.59 Å². The Balaban J connectivity index is 1.58. The zero-order valence-electron chi connectivity index (χ0n) is 14.3. The third-order valence-corrected chi connectivity index (χ3v) is 7.36. The highest BCUT2D eigenvalue weighted by atomic mass is 35.5. The fourth-order valence-electron chi connectivity index (χ4n) is 2.59. The maximum Gasteiger partial charge on any atom is 0.254 e. The fraction of sp³-hybridized carbons (Fsp3) is 0.263. The summed E-state index contributed by atoms with van der Waals surface area (Å²) in [6.07, 6.45) is 0. The van der Waals surface area contributed by atoms with Crippen LogP contribution in [0.5, 0.6) is 0 Å². The molecule has 136 valence electrons. The van der Waals surface area contributed by atoms with Gasteiger partial charge in [-0.05, 0) is 29.8 Å². The van der Waals surface area contributed by atoms with Crippen LogP contribution < -0.4 is 5.32 Å². The molecule has 0 unspecified atom stereocenters. The van der Waals surface area contributed by atoms with E-state index in [1.807, 2.05) is 47.8 Å². The normalized spacial score (nSPS) is 14.2. The second-order valence-electron chi connectivity index (χ2n) is 5.88. The molecule has 2 aromatic carbocycles. The summed E-state index contributed by atoms with van der Waals surface area (Å²) in [7, 11) is 1.62. The first-order valence-corrected chi connectivity index (χ1v) is 10.6. The molecule has 26 heavy (non-hydrogen) atoms. The van der Waals surface area contributed by atoms with Gasteiger partial charge in [-0.25, -0.2) is 0 Å². The van der Waals surface area contributed by atoms with Gasteiger partial charge in [0.25, 0.3) is 5.91 Å². The number of nitrogens with one attached hydrogen (secondary N) is 1. The van der Waals surface area contributed by atoms with E-state index in [0.717, 1.165) is 0 Å². The number of anilines is 1. The van der Waals surface area contributed by atoms with Crippen molar-refractivity contribution >= 4 is 52.6 Å². The Labute approximate surface area is 166 Å². The zero-order chi connectivity index (χ0) is 18.5. The van der Waals surface area contributed by atoms with Crippen molar-refractivity contribution in [1.29, 1.82) is 0 Å². The topological polar surface area (TPSA) is 49.4 Å². The van der Waals surface area contributed by atoms with Crippen molar-refractivity contribution in [2.75, 3.05) is 30.4 Å². The number of rotatable bonds is 5. The van der Waals surface area contributed by atoms with Gasteiger partial charge in [0, 0.05) is 24.1 Å². The van der Waals surface area contributed by atoms with Crippen LogP contribution in [-0.2, 0) is 4.79 Å². The third-order valence-electron chi connectivity index (χ3n) is 3.93. The highest BCUT2D eigenvalue weighted by Gasteiger charge is 2.20. The molecule has 0 aliphatic carbocycles. The molecule has 1 heterocycles. The number of hydrogen-bond donors (Lipinski definition) is 1. The van der Waals surface area contributed by atoms with Crippen LogP contribution in [-0.4, -0.2) is 41.8 Å². The van der Waals surface area contributed by atoms with Gasteiger partial charge in [0.05, 0.1) is 21.8 Å². The van der Waals surface area contributed by atoms with E-state index in [9.17, 15) is 9.59 Å². The van der Waals surface area contributed by atoms with Crippen molar-refractivity contribution in [2.45, 2.75) is 4.58 Å². The lowest BCUT2D eigenvalue weighted by atomic mass is 10.1. The molecular weight excluding hydrogens is 388 g/mol. The highest BCUT2D eigenvalue weighted by molar-refractivity contribution is 8.19. The Kier molecular flexibility index (Phi) is 6.51. The average molecular weight is 407 g/mol. The lowest BCUT2D eigenvalue weighted by molar-refractivity contribution is -0.116. The van der Waals surface area contributed by atoms with Crippen LogP contribution >= 0.6 is 35.1 Å². The molecular formula is C19H19ClN2O2S2. The number of likely N-dealkylation sites (N-methyl/N-ethyl adjacent to an activating group) is 1. The molecule has 0 bridgehead atoms. The molecule has 1 saturated heterocycles. The van der Waals surface area contributed by atoms with E-state index in [2.05, 4.69) is 5.32 Å². The summed E-state index contributed by atoms with van der Waals surface area (Å²) in [6, 6.07) is 14.7. The number of carbonyl (C=O) groups is 2. The Morgan fingerprint density at radius 3 is 2.42 bits per heavy atom. The first kappa shape index (κ1) is 19.1. The van der Waals surface area contributed by atoms with Crippen molar-refractivity contribution in [2.24, 2.45) is 0 Å². The summed E-state index contributed by atoms with van der Waals surface area (Å²) < 4.78 is 0.457. The molecule has 0 aromatic heterocycles. The van der Waals surface area contributed by atoms with E-state index in [0.29, 0.717) is 20.9 Å². The minimum atomic E-state index is -0.288. The Hall–Kier alpha value is -1.63. The molecule has 1 aliphatic heterocycles. The smallest absolute Gasteiger partial charge is 0.254 e. The van der Waals surface area contributed by atoms with Gasteiger partial charge in [-0.3, -0.25) is 9.59 Å². The minimum absolute atomic E-state index is 0.0415. The average Bonchev–Trinajstić information content (AvgIpc) is 3.18. The standard InChI is InChI=1S/C19H19ClN2O2S2/c1-22(12-17(23)21-16-5-3-2-4-15(16)20)18(24)13-6-8-14(9-7-13)19-25-10-11-26-19/h2-9,19H,10-12H2,1H3,(H,21,23). The number of carbonyl (C=O) groups excluding carboxylic acids is 2. The van der Waals surface area contributed by atoms with Crippen molar-refractivity contribution in [3.8, 4) is 0 Å². The van der Waals surface area contributed by atoms with Crippen LogP contribution in [0.2, 0.25) is 5.02 Å². The van der Waals surface area contributed by atoms with E-state index in [-0.39, 0.29) is 18.4 Å². The number of halogens is 1. The van der Waals surface area contributed by atoms with Gasteiger partial charge in [0.15, 0.2) is 0 Å². The molecule has 4 nitrogen and oxygen atoms in total. The molecule has 1 fully saturated rings. The van der Waals surface area contributed by atoms with Crippen LogP contribution in [0.25, 0.3) is 0 Å². The Morgan fingerprint density at radius 2 is 1.77 bits per heavy atom. The largest absolute Gasteiger partial charge is 0.332 e. The first-order valence-electron chi connectivity index (χ1n) is 8.17. The number of thioether (sulfide) groups is 2. The summed E-state index contributed by atoms with van der Waals surface area (Å²) in [4.78, 5) is 26.1. The quantitative estimate of drug-likeness (QED) is 0.792. The first-order chi connectivity index (χ1) is 12.5. The lowest BCUT2D eigenvalue weighted by Gasteiger charge is -2.17. The second kappa shape index (κ2) is 8.84. The van der Waals surface area contributed by atoms with E-state index in [1.165, 1.54) is 22.0 Å². The molecule has 1 N–H and O–H groups in total. The fourth-order valence-corrected chi connectivity index (χ4v) is 5.64. The van der Waals surface area contributed by atoms with Crippen LogP contribution in [0.15, 0.2) is 48.5 Å². The molecule has 3 rings (SSSR count). The monoisotopic (exact) mass is 406 g/mol. The number of nitrogens with zero attached hydrogens (tertiary/aromatic N) is 1. The maximum atomic E-state index is 12.5. The molecule has 7 heteroatoms. The van der Waals surface area contributed by atoms with Crippen LogP contribution in [0, 0.1) is 0 Å². The third kappa shape index (κ3) is 4.75. The molecule has 1 aliphatic rings. The minimum Gasteiger partial charge on any atom is -0.332 e. The Morgan fingerprint density at radius 1 is 1.12 bits per heavy atom. The van der Waals surface area contributed by atoms with Gasteiger partial charge < -0.3 is 10.2 Å². The van der Waals surface area contributed by atoms with Gasteiger partial charge in [-0.1, -0.05) is 35.9 Å². The molecule has 2 amide bonds. The molecule has 0 spiro atoms. The molecule has 2 aromatic rings. The predicted octanol–water partition coefficient (Wildman–Crippen LogP) is 4.53. The van der Waals surface area contributed by atoms with Gasteiger partial charge in [0.2, 0.25) is 5.91 Å². The van der Waals surface area contributed by atoms with Gasteiger partial charge in [0.1, 0.15) is 0 Å². The molecule has 0 atom stereocenters. The van der Waals surface area contributed by atoms with Crippen LogP contribution in [0.4, 0.5) is 5.69 Å². The van der Waals surface area contributed by atoms with E-state index < -0.39 is 0 Å². The number of amides is 2. The number of benzene rings is 2. The summed E-state index contributed by atoms with van der Waals surface area (Å²) in [6.45, 7) is -0.0415. The number of para-hydroxylation sites is 1. The van der Waals surface area contributed by atoms with Crippen molar-refractivity contribution in [3.05, 3.63) is 64.7 Å². The summed E-state index contributed by atoms with van der Waals surface area (Å²) in [5.41, 5.74) is 2.35. The van der Waals surface area contributed by atoms with Crippen LogP contribution in [0.3, 0.4) is 0 Å². The summed E-state index contributed by atoms with van der Waals surface area (Å²) in [5, 5.41) is 3.19. The van der Waals surface area contributed by atoms with E-state index >= 15 is 0 Å². The molecule has 0 radical (unpaired) electrons. The van der Waals surface area contributed by atoms with Gasteiger partial charge >= 0.3 is 0 Å². The van der Waals surface area contributed by atoms with Gasteiger partial charge in [-0.15, -0.1) is 23.5 Å². The molecule has 0 saturated carbocycles. The lowest BCUT2D eigenvalue weighted by Crippen LogP contribution is -2.35. The SMILES string of the molecule is CN(CC(=O)Nc1ccccc1Cl)C(=O)c1ccc(C2SCCS2)cc1. The van der Waals surface area contributed by atoms with Gasteiger partial charge in [-0.2, -0.15) is 0 Å². The highest BCUT2D eigenvalue weighted by Crippen LogP contribution is 2.45. The van der Waals surface area contributed by atoms with Crippen LogP contribution in [0.1, 0.15) is 20.5 Å².